The normalized spacial score (nSPS) is 28.9. The Kier molecular flexibility index (Phi) is 7.00. The zero-order valence-corrected chi connectivity index (χ0v) is 22.8. The Balaban J connectivity index is 1.30. The fraction of sp³-hybridized carbons (Fsp3) is 0.452. The number of methoxy groups -OCH3 is 2. The number of anilines is 1. The maximum absolute atomic E-state index is 14.2. The molecule has 0 aromatic heterocycles. The van der Waals surface area contributed by atoms with Gasteiger partial charge in [0.05, 0.1) is 32.2 Å². The van der Waals surface area contributed by atoms with Gasteiger partial charge < -0.3 is 29.7 Å². The van der Waals surface area contributed by atoms with E-state index in [1.54, 1.807) is 43.4 Å². The lowest BCUT2D eigenvalue weighted by Gasteiger charge is -2.34. The molecule has 3 aliphatic heterocycles. The van der Waals surface area contributed by atoms with E-state index in [0.29, 0.717) is 17.2 Å². The first kappa shape index (κ1) is 26.4. The second kappa shape index (κ2) is 10.6. The third kappa shape index (κ3) is 4.52. The van der Waals surface area contributed by atoms with Gasteiger partial charge in [-0.1, -0.05) is 43.5 Å². The maximum Gasteiger partial charge on any atom is 0.246 e. The highest BCUT2D eigenvalue weighted by Crippen LogP contribution is 2.55. The summed E-state index contributed by atoms with van der Waals surface area (Å²) in [5, 5.41) is 6.16. The molecule has 3 heterocycles. The van der Waals surface area contributed by atoms with Crippen molar-refractivity contribution in [3.05, 3.63) is 66.2 Å². The van der Waals surface area contributed by atoms with Gasteiger partial charge in [0.1, 0.15) is 23.1 Å². The average Bonchev–Trinajstić information content (AvgIpc) is 3.62. The van der Waals surface area contributed by atoms with Gasteiger partial charge in [0.2, 0.25) is 17.7 Å². The van der Waals surface area contributed by atoms with E-state index in [9.17, 15) is 14.4 Å². The van der Waals surface area contributed by atoms with Crippen LogP contribution in [0.15, 0.2) is 60.7 Å². The molecule has 2 saturated heterocycles. The van der Waals surface area contributed by atoms with Crippen molar-refractivity contribution in [3.63, 3.8) is 0 Å². The van der Waals surface area contributed by atoms with E-state index in [1.807, 2.05) is 36.4 Å². The molecule has 2 bridgehead atoms. The van der Waals surface area contributed by atoms with E-state index in [0.717, 1.165) is 31.2 Å². The van der Waals surface area contributed by atoms with Gasteiger partial charge in [-0.25, -0.2) is 0 Å². The maximum atomic E-state index is 14.2. The largest absolute Gasteiger partial charge is 0.497 e. The zero-order chi connectivity index (χ0) is 27.9. The fourth-order valence-electron chi connectivity index (χ4n) is 6.79. The number of carbonyl (C=O) groups is 3. The van der Waals surface area contributed by atoms with Crippen LogP contribution in [0.1, 0.15) is 37.7 Å². The number of hydrogen-bond acceptors (Lipinski definition) is 6. The molecule has 9 heteroatoms. The minimum absolute atomic E-state index is 0.0754. The lowest BCUT2D eigenvalue weighted by Crippen LogP contribution is -2.56. The van der Waals surface area contributed by atoms with Gasteiger partial charge in [-0.15, -0.1) is 0 Å². The monoisotopic (exact) mass is 545 g/mol. The highest BCUT2D eigenvalue weighted by molar-refractivity contribution is 6.02. The second-order valence-electron chi connectivity index (χ2n) is 11.1. The summed E-state index contributed by atoms with van der Waals surface area (Å²) in [7, 11) is 3.18. The van der Waals surface area contributed by atoms with Crippen molar-refractivity contribution >= 4 is 23.4 Å². The van der Waals surface area contributed by atoms with Gasteiger partial charge >= 0.3 is 0 Å². The second-order valence-corrected chi connectivity index (χ2v) is 11.1. The van der Waals surface area contributed by atoms with Gasteiger partial charge in [0.25, 0.3) is 0 Å². The van der Waals surface area contributed by atoms with Crippen molar-refractivity contribution in [2.45, 2.75) is 62.4 Å². The third-order valence-corrected chi connectivity index (χ3v) is 8.75. The molecule has 3 amide bonds. The quantitative estimate of drug-likeness (QED) is 0.493. The first-order valence-corrected chi connectivity index (χ1v) is 14.0. The van der Waals surface area contributed by atoms with E-state index < -0.39 is 29.6 Å². The Hall–Kier alpha value is -3.85. The Labute approximate surface area is 233 Å². The molecule has 210 valence electrons. The van der Waals surface area contributed by atoms with Crippen molar-refractivity contribution in [2.75, 3.05) is 19.5 Å². The molecule has 0 unspecified atom stereocenters. The molecular weight excluding hydrogens is 510 g/mol. The molecule has 40 heavy (non-hydrogen) atoms. The molecule has 3 fully saturated rings. The lowest BCUT2D eigenvalue weighted by molar-refractivity contribution is -0.142. The van der Waals surface area contributed by atoms with E-state index >= 15 is 0 Å². The van der Waals surface area contributed by atoms with Crippen molar-refractivity contribution in [2.24, 2.45) is 11.8 Å². The average molecular weight is 546 g/mol. The lowest BCUT2D eigenvalue weighted by atomic mass is 9.74. The predicted molar refractivity (Wildman–Crippen MR) is 148 cm³/mol. The first-order valence-electron chi connectivity index (χ1n) is 14.0. The Bertz CT molecular complexity index is 1300. The van der Waals surface area contributed by atoms with Crippen LogP contribution in [0, 0.1) is 11.8 Å². The summed E-state index contributed by atoms with van der Waals surface area (Å²) >= 11 is 0. The van der Waals surface area contributed by atoms with Crippen molar-refractivity contribution in [1.29, 1.82) is 0 Å². The number of hydrogen-bond donors (Lipinski definition) is 2. The van der Waals surface area contributed by atoms with Crippen LogP contribution in [0.3, 0.4) is 0 Å². The molecule has 2 N–H and O–H groups in total. The number of amides is 3. The van der Waals surface area contributed by atoms with Crippen LogP contribution in [-0.2, 0) is 25.7 Å². The first-order chi connectivity index (χ1) is 19.4. The van der Waals surface area contributed by atoms with Crippen molar-refractivity contribution in [3.8, 4) is 11.5 Å². The number of fused-ring (bicyclic) bond motifs is 1. The molecule has 0 radical (unpaired) electrons. The van der Waals surface area contributed by atoms with Gasteiger partial charge in [0.15, 0.2) is 0 Å². The van der Waals surface area contributed by atoms with Gasteiger partial charge in [-0.2, -0.15) is 0 Å². The summed E-state index contributed by atoms with van der Waals surface area (Å²) in [5.74, 6) is -0.961. The van der Waals surface area contributed by atoms with Crippen molar-refractivity contribution in [1.82, 2.24) is 10.2 Å². The van der Waals surface area contributed by atoms with Gasteiger partial charge in [-0.05, 0) is 54.8 Å². The predicted octanol–water partition coefficient (Wildman–Crippen LogP) is 3.44. The van der Waals surface area contributed by atoms with E-state index in [2.05, 4.69) is 10.6 Å². The topological polar surface area (TPSA) is 106 Å². The standard InChI is InChI=1S/C31H35N3O6/c1-38-22-12-8-19(9-13-22)18-34-27(29(36)33-20-6-4-3-5-7-20)31-17-16-24(40-31)25(26(31)30(34)37)28(35)32-21-10-14-23(39-2)15-11-21/h8-17,20,24-27H,3-7,18H2,1-2H3,(H,32,35)(H,33,36)/t24-,25+,26-,27+,31+/m1/s1. The summed E-state index contributed by atoms with van der Waals surface area (Å²) < 4.78 is 16.9. The van der Waals surface area contributed by atoms with Crippen LogP contribution in [0.4, 0.5) is 5.69 Å². The number of rotatable bonds is 8. The minimum Gasteiger partial charge on any atom is -0.497 e. The number of benzene rings is 2. The summed E-state index contributed by atoms with van der Waals surface area (Å²) in [6.07, 6.45) is 8.26. The molecule has 5 atom stereocenters. The molecule has 2 aromatic rings. The molecule has 2 aromatic carbocycles. The highest BCUT2D eigenvalue weighted by Gasteiger charge is 2.72. The summed E-state index contributed by atoms with van der Waals surface area (Å²) in [6.45, 7) is 0.221. The molecular formula is C31H35N3O6. The number of carbonyl (C=O) groups excluding carboxylic acids is 3. The molecule has 1 spiro atoms. The van der Waals surface area contributed by atoms with Crippen LogP contribution < -0.4 is 20.1 Å². The van der Waals surface area contributed by atoms with Crippen molar-refractivity contribution < 1.29 is 28.6 Å². The summed E-state index contributed by atoms with van der Waals surface area (Å²) in [5.41, 5.74) is 0.256. The summed E-state index contributed by atoms with van der Waals surface area (Å²) in [4.78, 5) is 43.4. The number of nitrogens with one attached hydrogen (secondary N) is 2. The summed E-state index contributed by atoms with van der Waals surface area (Å²) in [6, 6.07) is 13.7. The Morgan fingerprint density at radius 3 is 2.25 bits per heavy atom. The van der Waals surface area contributed by atoms with Gasteiger partial charge in [0, 0.05) is 18.3 Å². The molecule has 9 nitrogen and oxygen atoms in total. The molecule has 1 aliphatic carbocycles. The third-order valence-electron chi connectivity index (χ3n) is 8.75. The zero-order valence-electron chi connectivity index (χ0n) is 22.8. The Morgan fingerprint density at radius 1 is 0.950 bits per heavy atom. The van der Waals surface area contributed by atoms with E-state index in [4.69, 9.17) is 14.2 Å². The van der Waals surface area contributed by atoms with Crippen LogP contribution in [0.2, 0.25) is 0 Å². The SMILES string of the molecule is COc1ccc(CN2C(=O)[C@H]3[C@@H](C(=O)Nc4ccc(OC)cc4)[C@H]4C=C[C@@]3(O4)[C@@H]2C(=O)NC2CCCCC2)cc1. The minimum atomic E-state index is -1.20. The number of likely N-dealkylation sites (tertiary alicyclic amines) is 1. The molecule has 4 aliphatic rings. The van der Waals surface area contributed by atoms with Crippen LogP contribution >= 0.6 is 0 Å². The molecule has 1 saturated carbocycles. The number of nitrogens with zero attached hydrogens (tertiary/aromatic N) is 1. The fourth-order valence-corrected chi connectivity index (χ4v) is 6.79. The molecule has 6 rings (SSSR count). The van der Waals surface area contributed by atoms with E-state index in [-0.39, 0.29) is 30.3 Å². The van der Waals surface area contributed by atoms with Crippen LogP contribution in [-0.4, -0.2) is 60.6 Å². The highest BCUT2D eigenvalue weighted by atomic mass is 16.5. The van der Waals surface area contributed by atoms with Crippen LogP contribution in [0.5, 0.6) is 11.5 Å². The van der Waals surface area contributed by atoms with Crippen LogP contribution in [0.25, 0.3) is 0 Å². The number of ether oxygens (including phenoxy) is 3. The Morgan fingerprint density at radius 2 is 1.60 bits per heavy atom. The van der Waals surface area contributed by atoms with E-state index in [1.165, 1.54) is 6.42 Å². The smallest absolute Gasteiger partial charge is 0.246 e. The van der Waals surface area contributed by atoms with Gasteiger partial charge in [-0.3, -0.25) is 14.4 Å².